The minimum absolute atomic E-state index is 0.857. The molecule has 1 heterocycles. The highest BCUT2D eigenvalue weighted by molar-refractivity contribution is 6.33. The molecular formula is C21H22ClN2+. The summed E-state index contributed by atoms with van der Waals surface area (Å²) in [5.74, 6) is 0. The smallest absolute Gasteiger partial charge is 0.103 e. The van der Waals surface area contributed by atoms with Crippen LogP contribution >= 0.6 is 11.6 Å². The van der Waals surface area contributed by atoms with Gasteiger partial charge in [-0.25, -0.2) is 0 Å². The zero-order chi connectivity index (χ0) is 16.4. The van der Waals surface area contributed by atoms with E-state index in [-0.39, 0.29) is 0 Å². The number of benzene rings is 3. The topological polar surface area (TPSA) is 7.68 Å². The van der Waals surface area contributed by atoms with Crippen molar-refractivity contribution >= 4 is 28.1 Å². The average molecular weight is 338 g/mol. The lowest BCUT2D eigenvalue weighted by Crippen LogP contribution is -3.13. The van der Waals surface area contributed by atoms with Crippen molar-refractivity contribution < 1.29 is 4.90 Å². The van der Waals surface area contributed by atoms with E-state index in [0.29, 0.717) is 0 Å². The standard InChI is InChI=1S/C21H21ClN2/c22-20-7-3-4-8-21(20)24-13-11-23(12-14-24)16-17-9-10-18-5-1-2-6-19(18)15-17/h1-10,15H,11-14,16H2/p+1. The molecule has 0 unspecified atom stereocenters. The van der Waals surface area contributed by atoms with E-state index in [2.05, 4.69) is 59.5 Å². The monoisotopic (exact) mass is 337 g/mol. The van der Waals surface area contributed by atoms with E-state index in [9.17, 15) is 0 Å². The largest absolute Gasteiger partial charge is 0.359 e. The maximum absolute atomic E-state index is 6.33. The molecular weight excluding hydrogens is 316 g/mol. The third-order valence-electron chi connectivity index (χ3n) is 4.93. The molecule has 1 aliphatic heterocycles. The molecule has 0 aliphatic carbocycles. The highest BCUT2D eigenvalue weighted by Crippen LogP contribution is 2.24. The van der Waals surface area contributed by atoms with Crippen molar-refractivity contribution in [3.63, 3.8) is 0 Å². The Labute approximate surface area is 148 Å². The summed E-state index contributed by atoms with van der Waals surface area (Å²) in [6.07, 6.45) is 0. The van der Waals surface area contributed by atoms with Crippen LogP contribution in [0.25, 0.3) is 10.8 Å². The Balaban J connectivity index is 1.41. The highest BCUT2D eigenvalue weighted by Gasteiger charge is 2.21. The van der Waals surface area contributed by atoms with E-state index in [1.165, 1.54) is 22.0 Å². The van der Waals surface area contributed by atoms with Crippen LogP contribution in [-0.2, 0) is 6.54 Å². The molecule has 0 amide bonds. The van der Waals surface area contributed by atoms with Crippen molar-refractivity contribution in [2.75, 3.05) is 31.1 Å². The molecule has 1 saturated heterocycles. The first kappa shape index (κ1) is 15.5. The van der Waals surface area contributed by atoms with Gasteiger partial charge in [-0.15, -0.1) is 0 Å². The van der Waals surface area contributed by atoms with Gasteiger partial charge >= 0.3 is 0 Å². The third-order valence-corrected chi connectivity index (χ3v) is 5.25. The summed E-state index contributed by atoms with van der Waals surface area (Å²) >= 11 is 6.33. The molecule has 3 heteroatoms. The van der Waals surface area contributed by atoms with Gasteiger partial charge in [0.15, 0.2) is 0 Å². The summed E-state index contributed by atoms with van der Waals surface area (Å²) in [5.41, 5.74) is 2.60. The van der Waals surface area contributed by atoms with Crippen molar-refractivity contribution in [2.24, 2.45) is 0 Å². The number of rotatable bonds is 3. The maximum Gasteiger partial charge on any atom is 0.103 e. The second-order valence-electron chi connectivity index (χ2n) is 6.55. The Morgan fingerprint density at radius 3 is 2.33 bits per heavy atom. The second-order valence-corrected chi connectivity index (χ2v) is 6.95. The van der Waals surface area contributed by atoms with E-state index in [1.54, 1.807) is 4.90 Å². The molecule has 4 rings (SSSR count). The fraction of sp³-hybridized carbons (Fsp3) is 0.238. The number of nitrogens with one attached hydrogen (secondary N) is 1. The van der Waals surface area contributed by atoms with Crippen LogP contribution < -0.4 is 9.80 Å². The fourth-order valence-electron chi connectivity index (χ4n) is 3.59. The number of hydrogen-bond donors (Lipinski definition) is 1. The van der Waals surface area contributed by atoms with Crippen molar-refractivity contribution in [2.45, 2.75) is 6.54 Å². The van der Waals surface area contributed by atoms with Crippen molar-refractivity contribution in [1.82, 2.24) is 0 Å². The molecule has 3 aromatic carbocycles. The molecule has 2 nitrogen and oxygen atoms in total. The average Bonchev–Trinajstić information content (AvgIpc) is 2.63. The molecule has 0 atom stereocenters. The second kappa shape index (κ2) is 6.84. The van der Waals surface area contributed by atoms with E-state index in [0.717, 1.165) is 37.7 Å². The van der Waals surface area contributed by atoms with Gasteiger partial charge < -0.3 is 9.80 Å². The first-order valence-electron chi connectivity index (χ1n) is 8.60. The Kier molecular flexibility index (Phi) is 4.42. The van der Waals surface area contributed by atoms with Crippen LogP contribution in [0, 0.1) is 0 Å². The molecule has 0 bridgehead atoms. The number of para-hydroxylation sites is 1. The van der Waals surface area contributed by atoms with Gasteiger partial charge in [0.2, 0.25) is 0 Å². The van der Waals surface area contributed by atoms with Gasteiger partial charge in [-0.05, 0) is 29.0 Å². The summed E-state index contributed by atoms with van der Waals surface area (Å²) < 4.78 is 0. The molecule has 24 heavy (non-hydrogen) atoms. The van der Waals surface area contributed by atoms with Crippen LogP contribution in [0.5, 0.6) is 0 Å². The molecule has 0 saturated carbocycles. The van der Waals surface area contributed by atoms with E-state index in [1.807, 2.05) is 12.1 Å². The van der Waals surface area contributed by atoms with Crippen LogP contribution in [0.3, 0.4) is 0 Å². The summed E-state index contributed by atoms with van der Waals surface area (Å²) in [6.45, 7) is 5.52. The lowest BCUT2D eigenvalue weighted by atomic mass is 10.1. The van der Waals surface area contributed by atoms with Crippen molar-refractivity contribution in [3.8, 4) is 0 Å². The molecule has 0 aromatic heterocycles. The van der Waals surface area contributed by atoms with Crippen molar-refractivity contribution in [3.05, 3.63) is 77.3 Å². The lowest BCUT2D eigenvalue weighted by molar-refractivity contribution is -0.914. The molecule has 3 aromatic rings. The SMILES string of the molecule is Clc1ccccc1N1CC[NH+](Cc2ccc3ccccc3c2)CC1. The Hall–Kier alpha value is -2.03. The van der Waals surface area contributed by atoms with Crippen LogP contribution in [-0.4, -0.2) is 26.2 Å². The molecule has 1 aliphatic rings. The number of nitrogens with zero attached hydrogens (tertiary/aromatic N) is 1. The summed E-state index contributed by atoms with van der Waals surface area (Å²) in [4.78, 5) is 4.06. The maximum atomic E-state index is 6.33. The van der Waals surface area contributed by atoms with Crippen LogP contribution in [0.4, 0.5) is 5.69 Å². The van der Waals surface area contributed by atoms with Crippen LogP contribution in [0.15, 0.2) is 66.7 Å². The Morgan fingerprint density at radius 2 is 1.54 bits per heavy atom. The Morgan fingerprint density at radius 1 is 0.833 bits per heavy atom. The number of piperazine rings is 1. The number of halogens is 1. The minimum atomic E-state index is 0.857. The Bertz CT molecular complexity index is 838. The number of fused-ring (bicyclic) bond motifs is 1. The van der Waals surface area contributed by atoms with Gasteiger partial charge in [0.1, 0.15) is 6.54 Å². The first-order chi connectivity index (χ1) is 11.8. The van der Waals surface area contributed by atoms with E-state index < -0.39 is 0 Å². The van der Waals surface area contributed by atoms with Gasteiger partial charge in [0.25, 0.3) is 0 Å². The van der Waals surface area contributed by atoms with Crippen molar-refractivity contribution in [1.29, 1.82) is 0 Å². The van der Waals surface area contributed by atoms with Crippen LogP contribution in [0.1, 0.15) is 5.56 Å². The number of quaternary nitrogens is 1. The van der Waals surface area contributed by atoms with E-state index in [4.69, 9.17) is 11.6 Å². The van der Waals surface area contributed by atoms with Gasteiger partial charge in [-0.3, -0.25) is 0 Å². The predicted octanol–water partition coefficient (Wildman–Crippen LogP) is 3.40. The molecule has 1 fully saturated rings. The van der Waals surface area contributed by atoms with E-state index >= 15 is 0 Å². The molecule has 0 radical (unpaired) electrons. The molecule has 1 N–H and O–H groups in total. The zero-order valence-corrected chi connectivity index (χ0v) is 14.5. The van der Waals surface area contributed by atoms with Gasteiger partial charge in [-0.2, -0.15) is 0 Å². The summed E-state index contributed by atoms with van der Waals surface area (Å²) in [5, 5.41) is 3.51. The number of hydrogen-bond acceptors (Lipinski definition) is 1. The summed E-state index contributed by atoms with van der Waals surface area (Å²) in [7, 11) is 0. The van der Waals surface area contributed by atoms with Crippen LogP contribution in [0.2, 0.25) is 5.02 Å². The normalized spacial score (nSPS) is 15.8. The predicted molar refractivity (Wildman–Crippen MR) is 102 cm³/mol. The molecule has 122 valence electrons. The summed E-state index contributed by atoms with van der Waals surface area (Å²) in [6, 6.07) is 23.6. The lowest BCUT2D eigenvalue weighted by Gasteiger charge is -2.34. The van der Waals surface area contributed by atoms with Gasteiger partial charge in [0.05, 0.1) is 36.9 Å². The fourth-order valence-corrected chi connectivity index (χ4v) is 3.84. The highest BCUT2D eigenvalue weighted by atomic mass is 35.5. The first-order valence-corrected chi connectivity index (χ1v) is 8.98. The van der Waals surface area contributed by atoms with Gasteiger partial charge in [0, 0.05) is 5.56 Å². The third kappa shape index (κ3) is 3.26. The quantitative estimate of drug-likeness (QED) is 0.769. The minimum Gasteiger partial charge on any atom is -0.359 e. The zero-order valence-electron chi connectivity index (χ0n) is 13.7. The number of anilines is 1. The molecule has 0 spiro atoms. The van der Waals surface area contributed by atoms with Gasteiger partial charge in [-0.1, -0.05) is 60.1 Å².